The fourth-order valence-corrected chi connectivity index (χ4v) is 1.19. The number of hydrogen-bond acceptors (Lipinski definition) is 4. The van der Waals surface area contributed by atoms with Crippen LogP contribution in [0.25, 0.3) is 0 Å². The maximum Gasteiger partial charge on any atom is 0.290 e. The molecular weight excluding hydrogens is 194 g/mol. The van der Waals surface area contributed by atoms with Crippen LogP contribution in [0.15, 0.2) is 0 Å². The molecule has 6 heteroatoms. The molecule has 15 heavy (non-hydrogen) atoms. The Balaban J connectivity index is 2.41. The summed E-state index contributed by atoms with van der Waals surface area (Å²) in [6.45, 7) is 7.20. The Bertz CT molecular complexity index is 339. The van der Waals surface area contributed by atoms with Crippen LogP contribution in [-0.2, 0) is 6.54 Å². The third kappa shape index (κ3) is 4.05. The molecule has 0 radical (unpaired) electrons. The van der Waals surface area contributed by atoms with E-state index < -0.39 is 5.91 Å². The number of aryl methyl sites for hydroxylation is 1. The minimum atomic E-state index is -0.642. The molecule has 1 aromatic rings. The van der Waals surface area contributed by atoms with Crippen LogP contribution in [0.4, 0.5) is 0 Å². The first kappa shape index (κ1) is 11.6. The molecule has 0 saturated heterocycles. The van der Waals surface area contributed by atoms with E-state index in [0.717, 1.165) is 12.8 Å². The zero-order valence-corrected chi connectivity index (χ0v) is 9.40. The van der Waals surface area contributed by atoms with Crippen molar-refractivity contribution in [1.82, 2.24) is 20.2 Å². The Labute approximate surface area is 88.8 Å². The number of carbonyl (C=O) groups is 1. The van der Waals surface area contributed by atoms with Gasteiger partial charge in [0.25, 0.3) is 11.7 Å². The molecule has 0 aliphatic rings. The van der Waals surface area contributed by atoms with Gasteiger partial charge in [0, 0.05) is 0 Å². The van der Waals surface area contributed by atoms with Crippen molar-refractivity contribution in [3.05, 3.63) is 5.82 Å². The second-order valence-corrected chi connectivity index (χ2v) is 4.74. The highest BCUT2D eigenvalue weighted by Gasteiger charge is 2.11. The van der Waals surface area contributed by atoms with Crippen LogP contribution in [0.5, 0.6) is 0 Å². The number of nitrogens with zero attached hydrogens (tertiary/aromatic N) is 4. The molecule has 0 aromatic carbocycles. The fourth-order valence-electron chi connectivity index (χ4n) is 1.19. The molecule has 1 amide bonds. The summed E-state index contributed by atoms with van der Waals surface area (Å²) in [7, 11) is 0. The molecule has 0 fully saturated rings. The van der Waals surface area contributed by atoms with Crippen LogP contribution >= 0.6 is 0 Å². The number of rotatable bonds is 4. The topological polar surface area (TPSA) is 86.7 Å². The number of amides is 1. The van der Waals surface area contributed by atoms with Crippen molar-refractivity contribution in [3.63, 3.8) is 0 Å². The molecule has 0 aliphatic carbocycles. The molecule has 0 atom stereocenters. The summed E-state index contributed by atoms with van der Waals surface area (Å²) in [6, 6.07) is 0. The lowest BCUT2D eigenvalue weighted by Crippen LogP contribution is -2.14. The van der Waals surface area contributed by atoms with Crippen LogP contribution in [0.3, 0.4) is 0 Å². The van der Waals surface area contributed by atoms with Gasteiger partial charge in [0.15, 0.2) is 0 Å². The molecule has 2 N–H and O–H groups in total. The summed E-state index contributed by atoms with van der Waals surface area (Å²) in [6.07, 6.45) is 2.03. The number of aromatic nitrogens is 4. The smallest absolute Gasteiger partial charge is 0.290 e. The van der Waals surface area contributed by atoms with Gasteiger partial charge in [-0.1, -0.05) is 20.8 Å². The van der Waals surface area contributed by atoms with Crippen LogP contribution in [0.2, 0.25) is 0 Å². The first-order chi connectivity index (χ1) is 6.88. The third-order valence-corrected chi connectivity index (χ3v) is 1.96. The van der Waals surface area contributed by atoms with Gasteiger partial charge in [-0.15, -0.1) is 10.2 Å². The molecule has 0 aliphatic heterocycles. The monoisotopic (exact) mass is 211 g/mol. The molecule has 1 rings (SSSR count). The highest BCUT2D eigenvalue weighted by molar-refractivity contribution is 5.88. The first-order valence-electron chi connectivity index (χ1n) is 4.96. The Hall–Kier alpha value is -1.46. The van der Waals surface area contributed by atoms with E-state index in [9.17, 15) is 4.79 Å². The second kappa shape index (κ2) is 4.37. The van der Waals surface area contributed by atoms with Gasteiger partial charge in [-0.05, 0) is 23.5 Å². The average molecular weight is 211 g/mol. The van der Waals surface area contributed by atoms with Crippen LogP contribution in [0.1, 0.15) is 44.2 Å². The predicted octanol–water partition coefficient (Wildman–Crippen LogP) is 0.598. The molecule has 1 heterocycles. The number of nitrogens with two attached hydrogens (primary N) is 1. The van der Waals surface area contributed by atoms with E-state index in [0.29, 0.717) is 12.0 Å². The molecule has 0 unspecified atom stereocenters. The molecular formula is C9H17N5O. The Morgan fingerprint density at radius 3 is 2.60 bits per heavy atom. The number of primary amides is 1. The lowest BCUT2D eigenvalue weighted by atomic mass is 9.91. The van der Waals surface area contributed by atoms with Gasteiger partial charge in [0.05, 0.1) is 6.54 Å². The van der Waals surface area contributed by atoms with Gasteiger partial charge < -0.3 is 5.73 Å². The van der Waals surface area contributed by atoms with Gasteiger partial charge in [-0.3, -0.25) is 4.79 Å². The van der Waals surface area contributed by atoms with E-state index in [4.69, 9.17) is 5.73 Å². The summed E-state index contributed by atoms with van der Waals surface area (Å²) in [5, 5.41) is 11.1. The first-order valence-corrected chi connectivity index (χ1v) is 4.96. The average Bonchev–Trinajstić information content (AvgIpc) is 2.50. The maximum atomic E-state index is 10.7. The predicted molar refractivity (Wildman–Crippen MR) is 55.0 cm³/mol. The SMILES string of the molecule is CC(C)(C)CCCn1nnc(C(N)=O)n1. The maximum absolute atomic E-state index is 10.7. The highest BCUT2D eigenvalue weighted by Crippen LogP contribution is 2.20. The summed E-state index contributed by atoms with van der Waals surface area (Å²) >= 11 is 0. The summed E-state index contributed by atoms with van der Waals surface area (Å²) in [5.74, 6) is -0.664. The standard InChI is InChI=1S/C9H17N5O/c1-9(2,3)5-4-6-14-12-8(7(10)15)11-13-14/h4-6H2,1-3H3,(H2,10,15). The third-order valence-electron chi connectivity index (χ3n) is 1.96. The van der Waals surface area contributed by atoms with Crippen molar-refractivity contribution in [3.8, 4) is 0 Å². The van der Waals surface area contributed by atoms with Crippen LogP contribution in [0, 0.1) is 5.41 Å². The Morgan fingerprint density at radius 1 is 1.47 bits per heavy atom. The van der Waals surface area contributed by atoms with Crippen molar-refractivity contribution in [2.75, 3.05) is 0 Å². The number of tetrazole rings is 1. The summed E-state index contributed by atoms with van der Waals surface area (Å²) < 4.78 is 0. The quantitative estimate of drug-likeness (QED) is 0.790. The fraction of sp³-hybridized carbons (Fsp3) is 0.778. The molecule has 0 bridgehead atoms. The Morgan fingerprint density at radius 2 is 2.13 bits per heavy atom. The lowest BCUT2D eigenvalue weighted by molar-refractivity contribution is 0.0990. The normalized spacial score (nSPS) is 11.7. The van der Waals surface area contributed by atoms with Crippen molar-refractivity contribution in [1.29, 1.82) is 0 Å². The van der Waals surface area contributed by atoms with E-state index in [1.165, 1.54) is 4.80 Å². The van der Waals surface area contributed by atoms with Gasteiger partial charge in [-0.2, -0.15) is 4.80 Å². The van der Waals surface area contributed by atoms with Crippen LogP contribution in [-0.4, -0.2) is 26.1 Å². The molecule has 0 spiro atoms. The van der Waals surface area contributed by atoms with Crippen molar-refractivity contribution < 1.29 is 4.79 Å². The minimum absolute atomic E-state index is 0.0224. The molecule has 84 valence electrons. The molecule has 1 aromatic heterocycles. The van der Waals surface area contributed by atoms with Gasteiger partial charge in [0.1, 0.15) is 0 Å². The molecule has 0 saturated carbocycles. The van der Waals surface area contributed by atoms with E-state index in [-0.39, 0.29) is 5.82 Å². The van der Waals surface area contributed by atoms with Crippen molar-refractivity contribution >= 4 is 5.91 Å². The Kier molecular flexibility index (Phi) is 3.39. The largest absolute Gasteiger partial charge is 0.363 e. The number of hydrogen-bond donors (Lipinski definition) is 1. The van der Waals surface area contributed by atoms with E-state index in [2.05, 4.69) is 36.2 Å². The zero-order valence-electron chi connectivity index (χ0n) is 9.40. The van der Waals surface area contributed by atoms with E-state index in [1.54, 1.807) is 0 Å². The minimum Gasteiger partial charge on any atom is -0.363 e. The molecule has 6 nitrogen and oxygen atoms in total. The zero-order chi connectivity index (χ0) is 11.5. The second-order valence-electron chi connectivity index (χ2n) is 4.74. The summed E-state index contributed by atoms with van der Waals surface area (Å²) in [5.41, 5.74) is 5.31. The highest BCUT2D eigenvalue weighted by atomic mass is 16.1. The van der Waals surface area contributed by atoms with Crippen molar-refractivity contribution in [2.24, 2.45) is 11.1 Å². The van der Waals surface area contributed by atoms with Gasteiger partial charge in [-0.25, -0.2) is 0 Å². The van der Waals surface area contributed by atoms with E-state index in [1.807, 2.05) is 0 Å². The van der Waals surface area contributed by atoms with E-state index >= 15 is 0 Å². The van der Waals surface area contributed by atoms with Gasteiger partial charge in [0.2, 0.25) is 0 Å². The summed E-state index contributed by atoms with van der Waals surface area (Å²) in [4.78, 5) is 12.1. The van der Waals surface area contributed by atoms with Gasteiger partial charge >= 0.3 is 0 Å². The number of carbonyl (C=O) groups excluding carboxylic acids is 1. The van der Waals surface area contributed by atoms with Crippen LogP contribution < -0.4 is 5.73 Å². The van der Waals surface area contributed by atoms with Crippen molar-refractivity contribution in [2.45, 2.75) is 40.2 Å². The lowest BCUT2D eigenvalue weighted by Gasteiger charge is -2.16.